The number of pyridine rings is 1. The molecule has 3 aromatic rings. The summed E-state index contributed by atoms with van der Waals surface area (Å²) >= 11 is 1.31. The summed E-state index contributed by atoms with van der Waals surface area (Å²) in [6.45, 7) is 4.47. The van der Waals surface area contributed by atoms with Crippen LogP contribution in [0.3, 0.4) is 0 Å². The van der Waals surface area contributed by atoms with Crippen LogP contribution >= 0.6 is 11.5 Å². The van der Waals surface area contributed by atoms with Crippen LogP contribution in [0, 0.1) is 6.92 Å². The number of likely N-dealkylation sites (tertiary alicyclic amines) is 1. The molecule has 4 rings (SSSR count). The zero-order chi connectivity index (χ0) is 20.4. The van der Waals surface area contributed by atoms with Crippen LogP contribution in [0.25, 0.3) is 11.1 Å². The first kappa shape index (κ1) is 19.4. The topological polar surface area (TPSA) is 81.3 Å². The molecule has 0 radical (unpaired) electrons. The molecular weight excluding hydrogens is 384 g/mol. The van der Waals surface area contributed by atoms with Crippen LogP contribution in [0.1, 0.15) is 35.8 Å². The second-order valence-electron chi connectivity index (χ2n) is 7.40. The second-order valence-corrected chi connectivity index (χ2v) is 8.03. The SMILES string of the molecule is Cc1c(N)ccnc1OC1CCC(C)N(C(=O)c2nscc2-c2ccccc2)C1. The number of amides is 1. The highest BCUT2D eigenvalue weighted by Gasteiger charge is 2.33. The van der Waals surface area contributed by atoms with E-state index in [-0.39, 0.29) is 18.1 Å². The standard InChI is InChI=1S/C22H24N4O2S/c1-14-8-9-17(28-21-15(2)19(23)10-11-24-21)12-26(14)22(27)20-18(13-29-25-20)16-6-4-3-5-7-16/h3-7,10-11,13-14,17H,8-9,12H2,1-2H3,(H2,23,24). The van der Waals surface area contributed by atoms with Gasteiger partial charge in [-0.05, 0) is 49.9 Å². The van der Waals surface area contributed by atoms with Gasteiger partial charge in [-0.3, -0.25) is 4.79 Å². The highest BCUT2D eigenvalue weighted by Crippen LogP contribution is 2.30. The van der Waals surface area contributed by atoms with E-state index < -0.39 is 0 Å². The second kappa shape index (κ2) is 8.21. The fraction of sp³-hybridized carbons (Fsp3) is 0.318. The van der Waals surface area contributed by atoms with E-state index in [1.807, 2.05) is 47.5 Å². The number of nitrogens with two attached hydrogens (primary N) is 1. The predicted molar refractivity (Wildman–Crippen MR) is 115 cm³/mol. The Bertz CT molecular complexity index is 1010. The van der Waals surface area contributed by atoms with Crippen LogP contribution in [0.15, 0.2) is 48.0 Å². The Balaban J connectivity index is 1.54. The summed E-state index contributed by atoms with van der Waals surface area (Å²) in [5.41, 5.74) is 9.84. The molecule has 0 aliphatic carbocycles. The van der Waals surface area contributed by atoms with Gasteiger partial charge < -0.3 is 15.4 Å². The quantitative estimate of drug-likeness (QED) is 0.701. The van der Waals surface area contributed by atoms with Gasteiger partial charge in [-0.1, -0.05) is 30.3 Å². The molecule has 1 aromatic carbocycles. The van der Waals surface area contributed by atoms with Crippen LogP contribution in [-0.2, 0) is 0 Å². The van der Waals surface area contributed by atoms with Crippen LogP contribution in [0.4, 0.5) is 5.69 Å². The predicted octanol–water partition coefficient (Wildman–Crippen LogP) is 4.17. The molecule has 1 aliphatic heterocycles. The first-order valence-electron chi connectivity index (χ1n) is 9.73. The van der Waals surface area contributed by atoms with Crippen LogP contribution in [0.5, 0.6) is 5.88 Å². The first-order chi connectivity index (χ1) is 14.0. The monoisotopic (exact) mass is 408 g/mol. The largest absolute Gasteiger partial charge is 0.472 e. The molecule has 150 valence electrons. The number of benzene rings is 1. The maximum Gasteiger partial charge on any atom is 0.274 e. The van der Waals surface area contributed by atoms with E-state index in [1.165, 1.54) is 11.5 Å². The molecule has 2 N–H and O–H groups in total. The fourth-order valence-corrected chi connectivity index (χ4v) is 4.30. The number of nitrogens with zero attached hydrogens (tertiary/aromatic N) is 3. The number of rotatable bonds is 4. The Morgan fingerprint density at radius 2 is 2.03 bits per heavy atom. The minimum absolute atomic E-state index is 0.0526. The van der Waals surface area contributed by atoms with Crippen molar-refractivity contribution in [2.24, 2.45) is 0 Å². The van der Waals surface area contributed by atoms with Crippen molar-refractivity contribution in [1.29, 1.82) is 0 Å². The summed E-state index contributed by atoms with van der Waals surface area (Å²) < 4.78 is 10.5. The third-order valence-electron chi connectivity index (χ3n) is 5.43. The summed E-state index contributed by atoms with van der Waals surface area (Å²) in [6.07, 6.45) is 3.25. The van der Waals surface area contributed by atoms with E-state index in [1.54, 1.807) is 12.3 Å². The van der Waals surface area contributed by atoms with Gasteiger partial charge in [0.15, 0.2) is 0 Å². The van der Waals surface area contributed by atoms with Gasteiger partial charge in [0.25, 0.3) is 5.91 Å². The summed E-state index contributed by atoms with van der Waals surface area (Å²) in [6, 6.07) is 11.8. The molecule has 29 heavy (non-hydrogen) atoms. The van der Waals surface area contributed by atoms with Crippen molar-refractivity contribution in [3.05, 3.63) is 59.2 Å². The van der Waals surface area contributed by atoms with Gasteiger partial charge in [-0.2, -0.15) is 4.37 Å². The molecule has 1 amide bonds. The van der Waals surface area contributed by atoms with Crippen molar-refractivity contribution in [3.8, 4) is 17.0 Å². The van der Waals surface area contributed by atoms with Gasteiger partial charge in [0.05, 0.1) is 6.54 Å². The van der Waals surface area contributed by atoms with E-state index in [9.17, 15) is 4.79 Å². The molecule has 2 atom stereocenters. The molecule has 3 heterocycles. The van der Waals surface area contributed by atoms with Crippen molar-refractivity contribution in [2.75, 3.05) is 12.3 Å². The highest BCUT2D eigenvalue weighted by molar-refractivity contribution is 7.04. The molecule has 7 heteroatoms. The zero-order valence-electron chi connectivity index (χ0n) is 16.5. The van der Waals surface area contributed by atoms with E-state index in [0.717, 1.165) is 29.5 Å². The Morgan fingerprint density at radius 3 is 2.83 bits per heavy atom. The third-order valence-corrected chi connectivity index (χ3v) is 6.06. The smallest absolute Gasteiger partial charge is 0.274 e. The minimum Gasteiger partial charge on any atom is -0.472 e. The van der Waals surface area contributed by atoms with Gasteiger partial charge in [0.2, 0.25) is 5.88 Å². The molecule has 6 nitrogen and oxygen atoms in total. The lowest BCUT2D eigenvalue weighted by Gasteiger charge is -2.37. The lowest BCUT2D eigenvalue weighted by molar-refractivity contribution is 0.0368. The van der Waals surface area contributed by atoms with Crippen LogP contribution < -0.4 is 10.5 Å². The van der Waals surface area contributed by atoms with E-state index in [4.69, 9.17) is 10.5 Å². The van der Waals surface area contributed by atoms with E-state index in [2.05, 4.69) is 16.3 Å². The molecule has 1 saturated heterocycles. The molecule has 1 aliphatic rings. The molecule has 1 fully saturated rings. The summed E-state index contributed by atoms with van der Waals surface area (Å²) in [7, 11) is 0. The van der Waals surface area contributed by atoms with Gasteiger partial charge in [0.1, 0.15) is 11.8 Å². The van der Waals surface area contributed by atoms with E-state index >= 15 is 0 Å². The zero-order valence-corrected chi connectivity index (χ0v) is 17.4. The van der Waals surface area contributed by atoms with Crippen molar-refractivity contribution in [3.63, 3.8) is 0 Å². The Labute approximate surface area is 174 Å². The maximum atomic E-state index is 13.4. The molecule has 0 spiro atoms. The van der Waals surface area contributed by atoms with Crippen molar-refractivity contribution in [2.45, 2.75) is 38.8 Å². The number of carbonyl (C=O) groups is 1. The van der Waals surface area contributed by atoms with Gasteiger partial charge in [0, 0.05) is 34.4 Å². The Morgan fingerprint density at radius 1 is 1.24 bits per heavy atom. The normalized spacial score (nSPS) is 19.2. The van der Waals surface area contributed by atoms with Gasteiger partial charge in [-0.15, -0.1) is 0 Å². The number of hydrogen-bond donors (Lipinski definition) is 1. The molecule has 2 unspecified atom stereocenters. The average molecular weight is 409 g/mol. The summed E-state index contributed by atoms with van der Waals surface area (Å²) in [5.74, 6) is 0.485. The average Bonchev–Trinajstić information content (AvgIpc) is 3.23. The third kappa shape index (κ3) is 3.96. The number of carbonyl (C=O) groups excluding carboxylic acids is 1. The number of ether oxygens (including phenoxy) is 1. The Hall–Kier alpha value is -2.93. The summed E-state index contributed by atoms with van der Waals surface area (Å²) in [5, 5.41) is 1.94. The molecular formula is C22H24N4O2S. The van der Waals surface area contributed by atoms with Gasteiger partial charge >= 0.3 is 0 Å². The lowest BCUT2D eigenvalue weighted by atomic mass is 9.99. The number of hydrogen-bond acceptors (Lipinski definition) is 6. The van der Waals surface area contributed by atoms with Gasteiger partial charge in [-0.25, -0.2) is 4.98 Å². The minimum atomic E-state index is -0.123. The maximum absolute atomic E-state index is 13.4. The fourth-order valence-electron chi connectivity index (χ4n) is 3.61. The molecule has 0 bridgehead atoms. The van der Waals surface area contributed by atoms with Crippen LogP contribution in [0.2, 0.25) is 0 Å². The highest BCUT2D eigenvalue weighted by atomic mass is 32.1. The number of nitrogen functional groups attached to an aromatic ring is 1. The Kier molecular flexibility index (Phi) is 5.49. The van der Waals surface area contributed by atoms with Crippen LogP contribution in [-0.4, -0.2) is 38.9 Å². The number of anilines is 1. The van der Waals surface area contributed by atoms with Crippen molar-refractivity contribution >= 4 is 23.1 Å². The molecule has 2 aromatic heterocycles. The summed E-state index contributed by atoms with van der Waals surface area (Å²) in [4.78, 5) is 19.5. The molecule has 0 saturated carbocycles. The number of aromatic nitrogens is 2. The number of piperidine rings is 1. The lowest BCUT2D eigenvalue weighted by Crippen LogP contribution is -2.49. The van der Waals surface area contributed by atoms with Crippen molar-refractivity contribution in [1.82, 2.24) is 14.3 Å². The van der Waals surface area contributed by atoms with Crippen molar-refractivity contribution < 1.29 is 9.53 Å². The first-order valence-corrected chi connectivity index (χ1v) is 10.6. The van der Waals surface area contributed by atoms with E-state index in [0.29, 0.717) is 23.8 Å².